The normalized spacial score (nSPS) is 11.5. The van der Waals surface area contributed by atoms with Gasteiger partial charge in [0.2, 0.25) is 0 Å². The average molecular weight is 597 g/mol. The second kappa shape index (κ2) is 19.6. The zero-order valence-corrected chi connectivity index (χ0v) is 19.3. The molecule has 3 nitrogen and oxygen atoms in total. The van der Waals surface area contributed by atoms with Gasteiger partial charge in [-0.15, -0.1) is 0 Å². The van der Waals surface area contributed by atoms with Crippen molar-refractivity contribution in [2.45, 2.75) is 0 Å². The van der Waals surface area contributed by atoms with Crippen molar-refractivity contribution in [3.8, 4) is 0 Å². The van der Waals surface area contributed by atoms with Gasteiger partial charge in [-0.3, -0.25) is 0 Å². The Labute approximate surface area is 158 Å². The number of hydrogen-bond donors (Lipinski definition) is 0. The van der Waals surface area contributed by atoms with Crippen LogP contribution in [0.15, 0.2) is 0 Å². The third kappa shape index (κ3) is 22.5. The Morgan fingerprint density at radius 2 is 0.440 bits per heavy atom. The molecular weight excluding hydrogens is 588 g/mol. The molecule has 0 saturated carbocycles. The van der Waals surface area contributed by atoms with Crippen LogP contribution in [0.2, 0.25) is 0 Å². The molecule has 0 aliphatic rings. The van der Waals surface area contributed by atoms with Crippen LogP contribution in [0.3, 0.4) is 0 Å². The maximum Gasteiger partial charge on any atom is 0.352 e. The van der Waals surface area contributed by atoms with Crippen LogP contribution < -0.4 is 0 Å². The number of nitrogens with zero attached hydrogens (tertiary/aromatic N) is 3. The molecule has 0 spiro atoms. The second-order valence-corrected chi connectivity index (χ2v) is 9.89. The minimum absolute atomic E-state index is 0. The Balaban J connectivity index is -0.000000130. The quantitative estimate of drug-likeness (QED) is 0.172. The maximum absolute atomic E-state index is 11.2. The van der Waals surface area contributed by atoms with Crippen molar-refractivity contribution in [3.63, 3.8) is 0 Å². The van der Waals surface area contributed by atoms with Gasteiger partial charge >= 0.3 is 52.2 Å². The van der Waals surface area contributed by atoms with Crippen LogP contribution in [0, 0.1) is 0 Å². The van der Waals surface area contributed by atoms with E-state index in [1.807, 2.05) is 0 Å². The largest absolute Gasteiger partial charge is 0.352 e. The molecule has 0 atom stereocenters. The molecule has 0 saturated heterocycles. The number of halogens is 12. The number of rotatable bonds is 6. The van der Waals surface area contributed by atoms with Crippen LogP contribution in [0.5, 0.6) is 0 Å². The second-order valence-electron chi connectivity index (χ2n) is 2.76. The van der Waals surface area contributed by atoms with E-state index in [-0.39, 0.29) is 34.4 Å². The first kappa shape index (κ1) is 34.8. The van der Waals surface area contributed by atoms with Crippen molar-refractivity contribution in [1.29, 1.82) is 0 Å². The van der Waals surface area contributed by atoms with E-state index >= 15 is 0 Å². The zero-order valence-electron chi connectivity index (χ0n) is 12.0. The third-order valence-electron chi connectivity index (χ3n) is 1.31. The van der Waals surface area contributed by atoms with Gasteiger partial charge in [-0.2, -0.15) is 63.7 Å². The molecule has 156 valence electrons. The molecule has 0 aliphatic carbocycles. The van der Waals surface area contributed by atoms with Gasteiger partial charge < -0.3 is 0 Å². The molecule has 0 fully saturated rings. The smallest absolute Gasteiger partial charge is 0.169 e. The molecule has 0 bridgehead atoms. The van der Waals surface area contributed by atoms with E-state index in [0.29, 0.717) is 21.1 Å². The van der Waals surface area contributed by atoms with Gasteiger partial charge in [0.25, 0.3) is 0 Å². The molecule has 0 unspecified atom stereocenters. The summed E-state index contributed by atoms with van der Waals surface area (Å²) >= 11 is 0. The van der Waals surface area contributed by atoms with Crippen LogP contribution >= 0.6 is 52.2 Å². The summed E-state index contributed by atoms with van der Waals surface area (Å²) in [4.78, 5) is 0. The monoisotopic (exact) mass is 599 g/mol. The Morgan fingerprint density at radius 3 is 0.440 bits per heavy atom. The minimum atomic E-state index is -3.59. The Morgan fingerprint density at radius 1 is 0.360 bits per heavy atom. The summed E-state index contributed by atoms with van der Waals surface area (Å²) in [5, 5.41) is 0. The van der Waals surface area contributed by atoms with Gasteiger partial charge in [-0.1, -0.05) is 0 Å². The Kier molecular flexibility index (Phi) is 27.3. The van der Waals surface area contributed by atoms with Gasteiger partial charge in [0, 0.05) is 42.2 Å². The van der Waals surface area contributed by atoms with E-state index in [4.69, 9.17) is 0 Å². The predicted octanol–water partition coefficient (Wildman–Crippen LogP) is 9.75. The first-order chi connectivity index (χ1) is 10.7. The number of hydrogen-bond acceptors (Lipinski definition) is 3. The fourth-order valence-corrected chi connectivity index (χ4v) is 1.38. The van der Waals surface area contributed by atoms with E-state index in [0.717, 1.165) is 0 Å². The van der Waals surface area contributed by atoms with E-state index < -0.39 is 52.2 Å². The van der Waals surface area contributed by atoms with Crippen molar-refractivity contribution < 1.29 is 71.4 Å². The first-order valence-corrected chi connectivity index (χ1v) is 11.0. The van der Waals surface area contributed by atoms with Crippen molar-refractivity contribution >= 4 is 52.2 Å². The molecule has 0 aliphatic heterocycles. The van der Waals surface area contributed by atoms with Gasteiger partial charge in [0.05, 0.1) is 0 Å². The molecule has 0 amide bonds. The molecule has 22 heteroatoms. The minimum Gasteiger partial charge on any atom is -0.169 e. The summed E-state index contributed by atoms with van der Waals surface area (Å²) < 4.78 is 134. The molecule has 25 heavy (non-hydrogen) atoms. The van der Waals surface area contributed by atoms with E-state index in [2.05, 4.69) is 0 Å². The van der Waals surface area contributed by atoms with Crippen LogP contribution in [0.4, 0.5) is 50.4 Å². The molecule has 0 aromatic carbocycles. The van der Waals surface area contributed by atoms with Crippen LogP contribution in [-0.4, -0.2) is 34.5 Å². The summed E-state index contributed by atoms with van der Waals surface area (Å²) in [7, 11) is -19.4. The molecule has 0 heterocycles. The molecule has 0 N–H and O–H groups in total. The van der Waals surface area contributed by atoms with Crippen molar-refractivity contribution in [2.24, 2.45) is 0 Å². The summed E-state index contributed by atoms with van der Waals surface area (Å²) in [6.45, 7) is 0. The van der Waals surface area contributed by atoms with E-state index in [9.17, 15) is 50.4 Å². The third-order valence-corrected chi connectivity index (χ3v) is 6.37. The molecule has 0 rings (SSSR count). The SMILES string of the molecule is CN(P(F)F)P(F)F.CN(P(F)F)P(F)F.CN(P(F)F)P(F)F.[Mo]. The fraction of sp³-hybridized carbons (Fsp3) is 1.00. The van der Waals surface area contributed by atoms with Crippen LogP contribution in [0.1, 0.15) is 0 Å². The summed E-state index contributed by atoms with van der Waals surface area (Å²) in [6, 6.07) is 0. The topological polar surface area (TPSA) is 9.72 Å². The molecule has 0 radical (unpaired) electrons. The van der Waals surface area contributed by atoms with Gasteiger partial charge in [-0.25, -0.2) is 0 Å². The van der Waals surface area contributed by atoms with Gasteiger partial charge in [0.15, 0.2) is 0 Å². The summed E-state index contributed by atoms with van der Waals surface area (Å²) in [6.07, 6.45) is 0. The first-order valence-electron chi connectivity index (χ1n) is 4.57. The van der Waals surface area contributed by atoms with Crippen LogP contribution in [-0.2, 0) is 21.1 Å². The van der Waals surface area contributed by atoms with Gasteiger partial charge in [0.1, 0.15) is 0 Å². The van der Waals surface area contributed by atoms with Gasteiger partial charge in [-0.05, 0) is 0 Å². The fourth-order valence-electron chi connectivity index (χ4n) is 0.153. The molecule has 0 aromatic heterocycles. The van der Waals surface area contributed by atoms with Crippen molar-refractivity contribution in [1.82, 2.24) is 13.3 Å². The zero-order chi connectivity index (χ0) is 20.2. The van der Waals surface area contributed by atoms with Crippen molar-refractivity contribution in [2.75, 3.05) is 21.1 Å². The van der Waals surface area contributed by atoms with E-state index in [1.165, 1.54) is 0 Å². The van der Waals surface area contributed by atoms with Crippen molar-refractivity contribution in [3.05, 3.63) is 0 Å². The summed E-state index contributed by atoms with van der Waals surface area (Å²) in [5.74, 6) is 0. The summed E-state index contributed by atoms with van der Waals surface area (Å²) in [5.41, 5.74) is 0. The predicted molar refractivity (Wildman–Crippen MR) is 78.1 cm³/mol. The standard InChI is InChI=1S/3CH3F4NP2.Mo/c3*1-6(7(2)3)8(4)5;/h3*1H3;. The Bertz CT molecular complexity index is 226. The van der Waals surface area contributed by atoms with E-state index in [1.54, 1.807) is 0 Å². The molecule has 0 aromatic rings. The molecular formula is C3H9F12MoN3P6. The van der Waals surface area contributed by atoms with Crippen LogP contribution in [0.25, 0.3) is 0 Å². The maximum atomic E-state index is 11.2. The Hall–Kier alpha value is 2.31. The average Bonchev–Trinajstić information content (AvgIpc) is 2.45.